The van der Waals surface area contributed by atoms with Crippen LogP contribution < -0.4 is 16.6 Å². The van der Waals surface area contributed by atoms with E-state index in [0.29, 0.717) is 0 Å². The Morgan fingerprint density at radius 2 is 0.571 bits per heavy atom. The average molecular weight is 332 g/mol. The zero-order chi connectivity index (χ0) is 10.8. The van der Waals surface area contributed by atoms with Gasteiger partial charge in [-0.2, -0.15) is 0 Å². The first kappa shape index (κ1) is 36.0. The molecule has 0 aliphatic rings. The fraction of sp³-hybridized carbons (Fsp3) is 0. The van der Waals surface area contributed by atoms with Gasteiger partial charge in [0.2, 0.25) is 0 Å². The van der Waals surface area contributed by atoms with E-state index in [-0.39, 0.29) is 54.8 Å². The van der Waals surface area contributed by atoms with Crippen LogP contribution in [-0.2, 0) is 32.3 Å². The van der Waals surface area contributed by atoms with E-state index >= 15 is 0 Å². The molecule has 0 saturated carbocycles. The Morgan fingerprint density at radius 3 is 0.571 bits per heavy atom. The van der Waals surface area contributed by atoms with Crippen LogP contribution >= 0.6 is 0 Å². The van der Waals surface area contributed by atoms with Crippen LogP contribution in [0, 0.1) is 0 Å². The molecule has 14 heavy (non-hydrogen) atoms. The molecular formula is Al4CaFeO8. The molecule has 0 aromatic carbocycles. The third-order valence-electron chi connectivity index (χ3n) is 0. The summed E-state index contributed by atoms with van der Waals surface area (Å²) < 4.78 is 67.7. The first-order chi connectivity index (χ1) is 5.66. The second-order valence-corrected chi connectivity index (χ2v) is 1.15. The standard InChI is InChI=1S/4Al.Ca.Fe.8O/q;;;;2*+2;;;;;4*-1. The van der Waals surface area contributed by atoms with Crippen LogP contribution in [0.4, 0.5) is 0 Å². The molecule has 0 bridgehead atoms. The van der Waals surface area contributed by atoms with Gasteiger partial charge in [0.05, 0.1) is 0 Å². The summed E-state index contributed by atoms with van der Waals surface area (Å²) in [6.07, 6.45) is 0. The van der Waals surface area contributed by atoms with Crippen molar-refractivity contribution >= 4 is 99.7 Å². The summed E-state index contributed by atoms with van der Waals surface area (Å²) in [5.41, 5.74) is 0. The van der Waals surface area contributed by atoms with Crippen LogP contribution in [0.25, 0.3) is 0 Å². The third-order valence-corrected chi connectivity index (χ3v) is 0. The molecule has 0 rings (SSSR count). The number of rotatable bonds is 0. The molecule has 0 aromatic heterocycles. The Bertz CT molecular complexity index is 75.3. The molecule has 0 unspecified atom stereocenters. The van der Waals surface area contributed by atoms with Crippen LogP contribution in [0.15, 0.2) is 0 Å². The van der Waals surface area contributed by atoms with Crippen molar-refractivity contribution in [2.24, 2.45) is 0 Å². The minimum atomic E-state index is -1.75. The van der Waals surface area contributed by atoms with Gasteiger partial charge in [0.15, 0.2) is 0 Å². The molecule has 0 N–H and O–H groups in total. The van der Waals surface area contributed by atoms with Crippen LogP contribution in [0.5, 0.6) is 0 Å². The van der Waals surface area contributed by atoms with Gasteiger partial charge in [-0.1, -0.05) is 0 Å². The zero-order valence-corrected chi connectivity index (χ0v) is 14.6. The van der Waals surface area contributed by atoms with Gasteiger partial charge in [0, 0.05) is 0 Å². The van der Waals surface area contributed by atoms with Crippen molar-refractivity contribution < 1.29 is 48.9 Å². The zero-order valence-electron chi connectivity index (χ0n) is 6.64. The van der Waals surface area contributed by atoms with Gasteiger partial charge in [-0.05, 0) is 0 Å². The van der Waals surface area contributed by atoms with E-state index in [0.717, 1.165) is 0 Å². The average Bonchev–Trinajstić information content (AvgIpc) is 1.92. The van der Waals surface area contributed by atoms with Crippen LogP contribution in [0.2, 0.25) is 0 Å². The van der Waals surface area contributed by atoms with Gasteiger partial charge < -0.3 is 0 Å². The van der Waals surface area contributed by atoms with E-state index in [9.17, 15) is 0 Å². The molecule has 0 fully saturated rings. The van der Waals surface area contributed by atoms with Crippen molar-refractivity contribution in [1.29, 1.82) is 0 Å². The fourth-order valence-corrected chi connectivity index (χ4v) is 0. The maximum absolute atomic E-state index is 8.46. The van der Waals surface area contributed by atoms with Crippen molar-refractivity contribution in [3.63, 3.8) is 0 Å². The monoisotopic (exact) mass is 332 g/mol. The van der Waals surface area contributed by atoms with Gasteiger partial charge in [-0.25, -0.2) is 0 Å². The Labute approximate surface area is 146 Å². The number of hydrogen-bond acceptors (Lipinski definition) is 8. The van der Waals surface area contributed by atoms with Crippen molar-refractivity contribution in [1.82, 2.24) is 0 Å². The maximum atomic E-state index is 8.46. The van der Waals surface area contributed by atoms with E-state index < -0.39 is 61.9 Å². The van der Waals surface area contributed by atoms with E-state index in [1.54, 1.807) is 0 Å². The molecule has 0 aromatic rings. The third kappa shape index (κ3) is 475. The predicted molar refractivity (Wildman–Crippen MR) is 31.5 cm³/mol. The summed E-state index contributed by atoms with van der Waals surface area (Å²) in [5.74, 6) is 0. The van der Waals surface area contributed by atoms with E-state index in [2.05, 4.69) is 0 Å². The first-order valence-electron chi connectivity index (χ1n) is 1.89. The normalized spacial score (nSPS) is 2.29. The molecule has 0 amide bonds. The molecule has 8 nitrogen and oxygen atoms in total. The van der Waals surface area contributed by atoms with E-state index in [4.69, 9.17) is 31.8 Å². The molecule has 0 aliphatic carbocycles. The minimum absolute atomic E-state index is 0. The van der Waals surface area contributed by atoms with Gasteiger partial charge in [0.1, 0.15) is 0 Å². The Morgan fingerprint density at radius 1 is 0.571 bits per heavy atom. The summed E-state index contributed by atoms with van der Waals surface area (Å²) >= 11 is -7.00. The Hall–Kier alpha value is 2.31. The van der Waals surface area contributed by atoms with Crippen molar-refractivity contribution in [2.75, 3.05) is 0 Å². The Kier molecular flexibility index (Phi) is 202. The molecule has 0 radical (unpaired) electrons. The molecular weight excluding hydrogens is 332 g/mol. The van der Waals surface area contributed by atoms with Gasteiger partial charge in [-0.15, -0.1) is 0 Å². The second-order valence-electron chi connectivity index (χ2n) is 0.385. The summed E-state index contributed by atoms with van der Waals surface area (Å²) in [4.78, 5) is 0. The van der Waals surface area contributed by atoms with Crippen LogP contribution in [0.1, 0.15) is 0 Å². The second kappa shape index (κ2) is 78.7. The summed E-state index contributed by atoms with van der Waals surface area (Å²) in [5, 5.41) is 0. The van der Waals surface area contributed by atoms with E-state index in [1.807, 2.05) is 0 Å². The molecule has 0 spiro atoms. The van der Waals surface area contributed by atoms with Crippen molar-refractivity contribution in [3.05, 3.63) is 0 Å². The Balaban J connectivity index is -0.0000000145. The molecule has 0 atom stereocenters. The molecule has 0 saturated heterocycles. The summed E-state index contributed by atoms with van der Waals surface area (Å²) in [7, 11) is 0. The van der Waals surface area contributed by atoms with Crippen LogP contribution in [-0.4, -0.2) is 99.7 Å². The summed E-state index contributed by atoms with van der Waals surface area (Å²) in [6, 6.07) is 0. The first-order valence-corrected chi connectivity index (χ1v) is 5.66. The van der Waals surface area contributed by atoms with Gasteiger partial charge in [0.25, 0.3) is 0 Å². The molecule has 0 heterocycles. The van der Waals surface area contributed by atoms with Gasteiger partial charge in [-0.3, -0.25) is 0 Å². The molecule has 0 aliphatic heterocycles. The topological polar surface area (TPSA) is 161 Å². The van der Waals surface area contributed by atoms with Crippen LogP contribution in [0.3, 0.4) is 0 Å². The number of hydrogen-bond donors (Lipinski definition) is 0. The summed E-state index contributed by atoms with van der Waals surface area (Å²) in [6.45, 7) is 0. The molecule has 70 valence electrons. The van der Waals surface area contributed by atoms with E-state index in [1.165, 1.54) is 0 Å². The fourth-order valence-electron chi connectivity index (χ4n) is 0. The SMILES string of the molecule is [Ca+2].[Fe+2].[O]=[Al][O-].[O]=[Al][O-].[O]=[Al][O-].[O]=[Al][O-]. The molecule has 14 heteroatoms. The quantitative estimate of drug-likeness (QED) is 0.395. The van der Waals surface area contributed by atoms with Crippen molar-refractivity contribution in [2.45, 2.75) is 0 Å². The van der Waals surface area contributed by atoms with Crippen molar-refractivity contribution in [3.8, 4) is 0 Å². The predicted octanol–water partition coefficient (Wildman–Crippen LogP) is -7.14. The van der Waals surface area contributed by atoms with Gasteiger partial charge >= 0.3 is 149 Å².